The van der Waals surface area contributed by atoms with Gasteiger partial charge >= 0.3 is 0 Å². The summed E-state index contributed by atoms with van der Waals surface area (Å²) in [4.78, 5) is 37.1. The second-order valence-corrected chi connectivity index (χ2v) is 14.5. The van der Waals surface area contributed by atoms with Gasteiger partial charge < -0.3 is 35.9 Å². The normalized spacial score (nSPS) is 12.9. The molecule has 4 aromatic carbocycles. The summed E-state index contributed by atoms with van der Waals surface area (Å²) < 4.78 is 13.2. The van der Waals surface area contributed by atoms with Crippen LogP contribution >= 0.6 is 0 Å². The summed E-state index contributed by atoms with van der Waals surface area (Å²) >= 11 is 0. The Kier molecular flexibility index (Phi) is 12.2. The molecule has 14 nitrogen and oxygen atoms in total. The van der Waals surface area contributed by atoms with E-state index in [0.717, 1.165) is 49.8 Å². The van der Waals surface area contributed by atoms with Gasteiger partial charge in [0.15, 0.2) is 11.8 Å². The Morgan fingerprint density at radius 3 is 2.41 bits per heavy atom. The molecular formula is C44H48N10O4. The third-order valence-electron chi connectivity index (χ3n) is 10.5. The number of ether oxygens (including phenoxy) is 1. The zero-order valence-corrected chi connectivity index (χ0v) is 32.8. The van der Waals surface area contributed by atoms with E-state index >= 15 is 0 Å². The quantitative estimate of drug-likeness (QED) is 0.0780. The number of H-pyrrole nitrogens is 1. The maximum Gasteiger partial charge on any atom is 0.249 e. The van der Waals surface area contributed by atoms with Gasteiger partial charge in [-0.15, -0.1) is 0 Å². The SMILES string of the molecule is COc1cc(C)c(CC(NC(=O)C(N)CCCn2ccnc2N)C(=O)NC(Cc2cccc3[nH]ncc23)c2nc(Cc3ccc(-c4ccccc4)cc3)no2)c(C)c1. The highest BCUT2D eigenvalue weighted by molar-refractivity contribution is 5.90. The van der Waals surface area contributed by atoms with Gasteiger partial charge in [-0.1, -0.05) is 71.9 Å². The van der Waals surface area contributed by atoms with Crippen LogP contribution in [-0.4, -0.2) is 60.9 Å². The summed E-state index contributed by atoms with van der Waals surface area (Å²) in [5, 5.41) is 18.6. The number of methoxy groups -OCH3 is 1. The Bertz CT molecular complexity index is 2450. The number of aromatic nitrogens is 6. The van der Waals surface area contributed by atoms with Crippen molar-refractivity contribution in [1.82, 2.24) is 40.5 Å². The molecule has 0 spiro atoms. The van der Waals surface area contributed by atoms with Crippen LogP contribution < -0.4 is 26.8 Å². The molecule has 2 amide bonds. The van der Waals surface area contributed by atoms with E-state index in [9.17, 15) is 9.59 Å². The number of rotatable bonds is 17. The first-order valence-electron chi connectivity index (χ1n) is 19.3. The number of anilines is 1. The monoisotopic (exact) mass is 780 g/mol. The summed E-state index contributed by atoms with van der Waals surface area (Å²) in [6.45, 7) is 4.47. The lowest BCUT2D eigenvalue weighted by Gasteiger charge is -2.25. The van der Waals surface area contributed by atoms with E-state index in [2.05, 4.69) is 55.2 Å². The maximum atomic E-state index is 14.6. The molecule has 298 valence electrons. The molecule has 3 heterocycles. The van der Waals surface area contributed by atoms with Crippen molar-refractivity contribution >= 4 is 28.7 Å². The third kappa shape index (κ3) is 9.41. The number of nitrogen functional groups attached to an aromatic ring is 1. The lowest BCUT2D eigenvalue weighted by Crippen LogP contribution is -2.53. The summed E-state index contributed by atoms with van der Waals surface area (Å²) in [6, 6.07) is 25.5. The topological polar surface area (TPSA) is 205 Å². The Morgan fingerprint density at radius 2 is 1.69 bits per heavy atom. The third-order valence-corrected chi connectivity index (χ3v) is 10.5. The molecule has 0 bridgehead atoms. The van der Waals surface area contributed by atoms with Crippen LogP contribution in [0.1, 0.15) is 58.4 Å². The Hall–Kier alpha value is -6.80. The minimum Gasteiger partial charge on any atom is -0.497 e. The van der Waals surface area contributed by atoms with Gasteiger partial charge in [-0.25, -0.2) is 4.98 Å². The molecular weight excluding hydrogens is 733 g/mol. The fourth-order valence-corrected chi connectivity index (χ4v) is 7.24. The lowest BCUT2D eigenvalue weighted by molar-refractivity contribution is -0.130. The molecule has 7 rings (SSSR count). The molecule has 58 heavy (non-hydrogen) atoms. The standard InChI is InChI=1S/C44H48N10O4/c1-27-21-33(57-3)22-28(2)34(27)25-38(49-41(55)36(45)12-8-19-54-20-18-47-44(54)46)42(56)50-39(24-32-11-7-13-37-35(32)26-48-52-37)43-51-40(53-58-43)23-29-14-16-31(17-15-29)30-9-5-4-6-10-30/h4-7,9-11,13-18,20-22,26,36,38-39H,8,12,19,23-25,45H2,1-3H3,(H2,46,47)(H,48,52)(H,49,55)(H,50,56). The second-order valence-electron chi connectivity index (χ2n) is 14.5. The van der Waals surface area contributed by atoms with E-state index in [1.807, 2.05) is 74.5 Å². The molecule has 14 heteroatoms. The summed E-state index contributed by atoms with van der Waals surface area (Å²) in [5.41, 5.74) is 20.1. The number of nitrogens with one attached hydrogen (secondary N) is 3. The van der Waals surface area contributed by atoms with Crippen LogP contribution in [0.25, 0.3) is 22.0 Å². The van der Waals surface area contributed by atoms with Crippen LogP contribution in [-0.2, 0) is 35.4 Å². The number of aromatic amines is 1. The van der Waals surface area contributed by atoms with Crippen molar-refractivity contribution < 1.29 is 18.8 Å². The van der Waals surface area contributed by atoms with Gasteiger partial charge in [0.1, 0.15) is 17.8 Å². The van der Waals surface area contributed by atoms with Crippen LogP contribution in [0.2, 0.25) is 0 Å². The van der Waals surface area contributed by atoms with Gasteiger partial charge in [0.25, 0.3) is 0 Å². The molecule has 3 atom stereocenters. The van der Waals surface area contributed by atoms with Crippen molar-refractivity contribution in [3.05, 3.63) is 143 Å². The fraction of sp³-hybridized carbons (Fsp3) is 0.273. The molecule has 7 N–H and O–H groups in total. The van der Waals surface area contributed by atoms with Gasteiger partial charge in [0.2, 0.25) is 17.7 Å². The molecule has 0 aliphatic heterocycles. The van der Waals surface area contributed by atoms with E-state index in [1.165, 1.54) is 0 Å². The molecule has 3 unspecified atom stereocenters. The minimum absolute atomic E-state index is 0.204. The van der Waals surface area contributed by atoms with Gasteiger partial charge in [-0.2, -0.15) is 10.1 Å². The van der Waals surface area contributed by atoms with E-state index in [0.29, 0.717) is 49.8 Å². The number of aryl methyl sites for hydroxylation is 3. The first-order valence-corrected chi connectivity index (χ1v) is 19.3. The van der Waals surface area contributed by atoms with Crippen LogP contribution in [0.3, 0.4) is 0 Å². The number of nitrogens with zero attached hydrogens (tertiary/aromatic N) is 5. The number of fused-ring (bicyclic) bond motifs is 1. The molecule has 0 aliphatic rings. The number of nitrogens with two attached hydrogens (primary N) is 2. The van der Waals surface area contributed by atoms with Crippen molar-refractivity contribution in [3.8, 4) is 16.9 Å². The average Bonchev–Trinajstić information content (AvgIpc) is 4.01. The lowest BCUT2D eigenvalue weighted by atomic mass is 9.94. The highest BCUT2D eigenvalue weighted by Crippen LogP contribution is 2.26. The molecule has 0 saturated carbocycles. The van der Waals surface area contributed by atoms with E-state index < -0.39 is 29.9 Å². The molecule has 3 aromatic heterocycles. The van der Waals surface area contributed by atoms with Crippen molar-refractivity contribution in [2.75, 3.05) is 12.8 Å². The molecule has 0 aliphatic carbocycles. The maximum absolute atomic E-state index is 14.6. The summed E-state index contributed by atoms with van der Waals surface area (Å²) in [6.07, 6.45) is 7.05. The molecule has 0 fully saturated rings. The van der Waals surface area contributed by atoms with Crippen molar-refractivity contribution in [2.24, 2.45) is 5.73 Å². The first-order chi connectivity index (χ1) is 28.1. The fourth-order valence-electron chi connectivity index (χ4n) is 7.24. The predicted octanol–water partition coefficient (Wildman–Crippen LogP) is 5.54. The smallest absolute Gasteiger partial charge is 0.249 e. The second kappa shape index (κ2) is 18.0. The number of carbonyl (C=O) groups excluding carboxylic acids is 2. The highest BCUT2D eigenvalue weighted by atomic mass is 16.5. The molecule has 7 aromatic rings. The number of carbonyl (C=O) groups is 2. The number of amides is 2. The van der Waals surface area contributed by atoms with Gasteiger partial charge in [0, 0.05) is 43.6 Å². The molecule has 0 radical (unpaired) electrons. The van der Waals surface area contributed by atoms with Gasteiger partial charge in [-0.3, -0.25) is 14.7 Å². The van der Waals surface area contributed by atoms with E-state index in [4.69, 9.17) is 25.7 Å². The Balaban J connectivity index is 1.14. The van der Waals surface area contributed by atoms with E-state index in [-0.39, 0.29) is 12.3 Å². The largest absolute Gasteiger partial charge is 0.497 e. The van der Waals surface area contributed by atoms with Crippen molar-refractivity contribution in [2.45, 2.75) is 70.6 Å². The van der Waals surface area contributed by atoms with Crippen molar-refractivity contribution in [3.63, 3.8) is 0 Å². The minimum atomic E-state index is -0.994. The summed E-state index contributed by atoms with van der Waals surface area (Å²) in [7, 11) is 1.61. The number of hydrogen-bond donors (Lipinski definition) is 5. The zero-order valence-electron chi connectivity index (χ0n) is 32.8. The van der Waals surface area contributed by atoms with Gasteiger partial charge in [-0.05, 0) is 83.8 Å². The van der Waals surface area contributed by atoms with Crippen LogP contribution in [0.15, 0.2) is 108 Å². The van der Waals surface area contributed by atoms with Gasteiger partial charge in [0.05, 0.1) is 24.9 Å². The number of imidazole rings is 1. The first kappa shape index (κ1) is 39.4. The Morgan fingerprint density at radius 1 is 0.931 bits per heavy atom. The van der Waals surface area contributed by atoms with Crippen LogP contribution in [0.5, 0.6) is 5.75 Å². The zero-order chi connectivity index (χ0) is 40.6. The number of benzene rings is 4. The van der Waals surface area contributed by atoms with Crippen LogP contribution in [0.4, 0.5) is 5.95 Å². The predicted molar refractivity (Wildman–Crippen MR) is 222 cm³/mol. The van der Waals surface area contributed by atoms with E-state index in [1.54, 1.807) is 30.3 Å². The summed E-state index contributed by atoms with van der Waals surface area (Å²) in [5.74, 6) is 0.937. The average molecular weight is 781 g/mol. The van der Waals surface area contributed by atoms with Crippen molar-refractivity contribution in [1.29, 1.82) is 0 Å². The highest BCUT2D eigenvalue weighted by Gasteiger charge is 2.30. The number of hydrogen-bond acceptors (Lipinski definition) is 10. The molecule has 0 saturated heterocycles. The Labute approximate surface area is 336 Å². The van der Waals surface area contributed by atoms with Crippen LogP contribution in [0, 0.1) is 13.8 Å².